The lowest BCUT2D eigenvalue weighted by Crippen LogP contribution is -2.23. The van der Waals surface area contributed by atoms with E-state index < -0.39 is 0 Å². The summed E-state index contributed by atoms with van der Waals surface area (Å²) in [5.41, 5.74) is 6.31. The number of benzene rings is 2. The first-order valence-corrected chi connectivity index (χ1v) is 7.34. The maximum Gasteiger partial charge on any atom is 0.191 e. The van der Waals surface area contributed by atoms with Crippen molar-refractivity contribution < 1.29 is 0 Å². The predicted octanol–water partition coefficient (Wildman–Crippen LogP) is 3.90. The van der Waals surface area contributed by atoms with Crippen molar-refractivity contribution in [2.45, 2.75) is 19.8 Å². The molecule has 0 atom stereocenters. The van der Waals surface area contributed by atoms with Gasteiger partial charge in [-0.25, -0.2) is 0 Å². The molecule has 0 amide bonds. The van der Waals surface area contributed by atoms with E-state index in [9.17, 15) is 0 Å². The van der Waals surface area contributed by atoms with E-state index in [0.717, 1.165) is 18.5 Å². The standard InChI is InChI=1S/C17H19N3S/c1-14-9-11-16(12-10-14)19-17(21)20-18-13-5-8-15-6-3-2-4-7-15/h2-4,6-7,9-13H,5,8H2,1H3,(H2,19,20,21). The van der Waals surface area contributed by atoms with Gasteiger partial charge in [0.05, 0.1) is 0 Å². The molecule has 0 aliphatic carbocycles. The van der Waals surface area contributed by atoms with Gasteiger partial charge in [-0.2, -0.15) is 5.10 Å². The van der Waals surface area contributed by atoms with Crippen LogP contribution in [0.15, 0.2) is 59.7 Å². The molecule has 4 heteroatoms. The van der Waals surface area contributed by atoms with E-state index >= 15 is 0 Å². The first-order chi connectivity index (χ1) is 10.2. The van der Waals surface area contributed by atoms with Crippen molar-refractivity contribution in [2.75, 3.05) is 5.32 Å². The highest BCUT2D eigenvalue weighted by atomic mass is 32.1. The minimum absolute atomic E-state index is 0.495. The third kappa shape index (κ3) is 5.75. The molecule has 0 fully saturated rings. The van der Waals surface area contributed by atoms with E-state index in [4.69, 9.17) is 12.2 Å². The monoisotopic (exact) mass is 297 g/mol. The fourth-order valence-corrected chi connectivity index (χ4v) is 2.01. The van der Waals surface area contributed by atoms with Gasteiger partial charge in [-0.3, -0.25) is 5.43 Å². The van der Waals surface area contributed by atoms with E-state index in [1.807, 2.05) is 48.7 Å². The Balaban J connectivity index is 1.69. The second-order valence-corrected chi connectivity index (χ2v) is 5.18. The summed E-state index contributed by atoms with van der Waals surface area (Å²) in [5.74, 6) is 0. The molecule has 0 unspecified atom stereocenters. The lowest BCUT2D eigenvalue weighted by molar-refractivity contribution is 0.999. The highest BCUT2D eigenvalue weighted by molar-refractivity contribution is 7.80. The van der Waals surface area contributed by atoms with Crippen molar-refractivity contribution in [1.82, 2.24) is 5.43 Å². The van der Waals surface area contributed by atoms with Gasteiger partial charge < -0.3 is 5.32 Å². The molecule has 0 aliphatic heterocycles. The Bertz CT molecular complexity index is 591. The summed E-state index contributed by atoms with van der Waals surface area (Å²) in [6, 6.07) is 18.4. The van der Waals surface area contributed by atoms with E-state index in [1.165, 1.54) is 11.1 Å². The number of hydrogen-bond acceptors (Lipinski definition) is 2. The second kappa shape index (κ2) is 8.17. The highest BCUT2D eigenvalue weighted by Gasteiger charge is 1.95. The van der Waals surface area contributed by atoms with Crippen molar-refractivity contribution in [1.29, 1.82) is 0 Å². The van der Waals surface area contributed by atoms with Gasteiger partial charge in [0.2, 0.25) is 0 Å². The Kier molecular flexibility index (Phi) is 5.91. The van der Waals surface area contributed by atoms with Crippen molar-refractivity contribution in [3.05, 3.63) is 65.7 Å². The van der Waals surface area contributed by atoms with Crippen LogP contribution < -0.4 is 10.7 Å². The number of thiocarbonyl (C=S) groups is 1. The number of hydrazone groups is 1. The molecule has 0 spiro atoms. The number of nitrogens with zero attached hydrogens (tertiary/aromatic N) is 1. The molecule has 0 saturated carbocycles. The van der Waals surface area contributed by atoms with Gasteiger partial charge >= 0.3 is 0 Å². The van der Waals surface area contributed by atoms with Crippen LogP contribution in [0.3, 0.4) is 0 Å². The zero-order valence-electron chi connectivity index (χ0n) is 12.0. The van der Waals surface area contributed by atoms with Crippen molar-refractivity contribution in [2.24, 2.45) is 5.10 Å². The van der Waals surface area contributed by atoms with Gasteiger partial charge in [0.1, 0.15) is 0 Å². The van der Waals surface area contributed by atoms with Gasteiger partial charge in [0.15, 0.2) is 5.11 Å². The Morgan fingerprint density at radius 1 is 1.10 bits per heavy atom. The summed E-state index contributed by atoms with van der Waals surface area (Å²) in [4.78, 5) is 0. The SMILES string of the molecule is Cc1ccc(NC(=S)NN=CCCc2ccccc2)cc1. The van der Waals surface area contributed by atoms with Crippen LogP contribution in [0.1, 0.15) is 17.5 Å². The molecule has 0 aromatic heterocycles. The van der Waals surface area contributed by atoms with Crippen LogP contribution in [0, 0.1) is 6.92 Å². The van der Waals surface area contributed by atoms with E-state index in [-0.39, 0.29) is 0 Å². The fraction of sp³-hybridized carbons (Fsp3) is 0.176. The maximum atomic E-state index is 5.18. The summed E-state index contributed by atoms with van der Waals surface area (Å²) < 4.78 is 0. The normalized spacial score (nSPS) is 10.5. The number of hydrogen-bond donors (Lipinski definition) is 2. The molecular weight excluding hydrogens is 278 g/mol. The topological polar surface area (TPSA) is 36.4 Å². The van der Waals surface area contributed by atoms with E-state index in [0.29, 0.717) is 5.11 Å². The molecule has 0 saturated heterocycles. The number of aryl methyl sites for hydroxylation is 2. The Labute approximate surface area is 131 Å². The van der Waals surface area contributed by atoms with Crippen LogP contribution in [-0.2, 0) is 6.42 Å². The molecule has 2 rings (SSSR count). The van der Waals surface area contributed by atoms with E-state index in [2.05, 4.69) is 34.9 Å². The van der Waals surface area contributed by atoms with Gasteiger partial charge in [0, 0.05) is 11.9 Å². The smallest absolute Gasteiger partial charge is 0.191 e. The van der Waals surface area contributed by atoms with Gasteiger partial charge in [-0.15, -0.1) is 0 Å². The molecule has 2 aromatic carbocycles. The molecule has 0 aliphatic rings. The molecular formula is C17H19N3S. The van der Waals surface area contributed by atoms with Crippen molar-refractivity contribution >= 4 is 29.2 Å². The van der Waals surface area contributed by atoms with Crippen LogP contribution in [0.4, 0.5) is 5.69 Å². The number of rotatable bonds is 5. The average Bonchev–Trinajstić information content (AvgIpc) is 2.50. The molecule has 0 bridgehead atoms. The Morgan fingerprint density at radius 3 is 2.52 bits per heavy atom. The largest absolute Gasteiger partial charge is 0.331 e. The quantitative estimate of drug-likeness (QED) is 0.499. The zero-order valence-corrected chi connectivity index (χ0v) is 12.9. The number of nitrogens with one attached hydrogen (secondary N) is 2. The molecule has 21 heavy (non-hydrogen) atoms. The third-order valence-electron chi connectivity index (χ3n) is 2.97. The minimum atomic E-state index is 0.495. The van der Waals surface area contributed by atoms with Gasteiger partial charge in [-0.05, 0) is 49.7 Å². The van der Waals surface area contributed by atoms with Crippen molar-refractivity contribution in [3.8, 4) is 0 Å². The fourth-order valence-electron chi connectivity index (χ4n) is 1.84. The molecule has 0 radical (unpaired) electrons. The first-order valence-electron chi connectivity index (χ1n) is 6.93. The van der Waals surface area contributed by atoms with Crippen molar-refractivity contribution in [3.63, 3.8) is 0 Å². The number of anilines is 1. The second-order valence-electron chi connectivity index (χ2n) is 4.77. The van der Waals surface area contributed by atoms with E-state index in [1.54, 1.807) is 0 Å². The predicted molar refractivity (Wildman–Crippen MR) is 93.8 cm³/mol. The lowest BCUT2D eigenvalue weighted by atomic mass is 10.1. The summed E-state index contributed by atoms with van der Waals surface area (Å²) in [7, 11) is 0. The van der Waals surface area contributed by atoms with Gasteiger partial charge in [0.25, 0.3) is 0 Å². The molecule has 108 valence electrons. The third-order valence-corrected chi connectivity index (χ3v) is 3.17. The minimum Gasteiger partial charge on any atom is -0.331 e. The Morgan fingerprint density at radius 2 is 1.81 bits per heavy atom. The molecule has 0 heterocycles. The highest BCUT2D eigenvalue weighted by Crippen LogP contribution is 2.08. The van der Waals surface area contributed by atoms with Crippen LogP contribution in [0.2, 0.25) is 0 Å². The molecule has 3 nitrogen and oxygen atoms in total. The summed E-state index contributed by atoms with van der Waals surface area (Å²) in [6.07, 6.45) is 3.70. The lowest BCUT2D eigenvalue weighted by Gasteiger charge is -2.06. The first kappa shape index (κ1) is 15.2. The van der Waals surface area contributed by atoms with Crippen LogP contribution in [0.25, 0.3) is 0 Å². The summed E-state index contributed by atoms with van der Waals surface area (Å²) in [6.45, 7) is 2.05. The van der Waals surface area contributed by atoms with Gasteiger partial charge in [-0.1, -0.05) is 48.0 Å². The average molecular weight is 297 g/mol. The summed E-state index contributed by atoms with van der Waals surface area (Å²) in [5, 5.41) is 7.70. The van der Waals surface area contributed by atoms with Crippen LogP contribution in [-0.4, -0.2) is 11.3 Å². The Hall–Kier alpha value is -2.20. The maximum absolute atomic E-state index is 5.18. The van der Waals surface area contributed by atoms with Crippen LogP contribution >= 0.6 is 12.2 Å². The zero-order chi connectivity index (χ0) is 14.9. The summed E-state index contributed by atoms with van der Waals surface area (Å²) >= 11 is 5.18. The molecule has 2 aromatic rings. The molecule has 2 N–H and O–H groups in total. The van der Waals surface area contributed by atoms with Crippen LogP contribution in [0.5, 0.6) is 0 Å².